The van der Waals surface area contributed by atoms with E-state index in [9.17, 15) is 9.59 Å². The SMILES string of the molecule is COCc1nn2c(c1-c1ccc(C)cc1)NC(=O)C2CC(=O)Nc1ccc(OC)cc1OC. The molecule has 3 aromatic rings. The van der Waals surface area contributed by atoms with Crippen molar-refractivity contribution in [1.29, 1.82) is 0 Å². The minimum Gasteiger partial charge on any atom is -0.497 e. The number of hydrogen-bond acceptors (Lipinski definition) is 6. The van der Waals surface area contributed by atoms with Crippen LogP contribution in [0, 0.1) is 6.92 Å². The second-order valence-electron chi connectivity index (χ2n) is 7.74. The predicted octanol–water partition coefficient (Wildman–Crippen LogP) is 3.54. The minimum atomic E-state index is -0.779. The van der Waals surface area contributed by atoms with Crippen LogP contribution in [0.3, 0.4) is 0 Å². The fraction of sp³-hybridized carbons (Fsp3) is 0.292. The monoisotopic (exact) mass is 450 g/mol. The molecule has 1 atom stereocenters. The smallest absolute Gasteiger partial charge is 0.251 e. The number of nitrogens with zero attached hydrogens (tertiary/aromatic N) is 2. The number of aromatic nitrogens is 2. The fourth-order valence-electron chi connectivity index (χ4n) is 3.86. The summed E-state index contributed by atoms with van der Waals surface area (Å²) >= 11 is 0. The van der Waals surface area contributed by atoms with E-state index in [1.807, 2.05) is 31.2 Å². The van der Waals surface area contributed by atoms with E-state index >= 15 is 0 Å². The van der Waals surface area contributed by atoms with Gasteiger partial charge in [-0.3, -0.25) is 9.59 Å². The Morgan fingerprint density at radius 1 is 1.12 bits per heavy atom. The van der Waals surface area contributed by atoms with Crippen molar-refractivity contribution >= 4 is 23.3 Å². The Bertz CT molecular complexity index is 1190. The van der Waals surface area contributed by atoms with E-state index in [1.165, 1.54) is 7.11 Å². The molecule has 2 amide bonds. The maximum Gasteiger partial charge on any atom is 0.251 e. The van der Waals surface area contributed by atoms with Gasteiger partial charge in [-0.25, -0.2) is 4.68 Å². The average molecular weight is 450 g/mol. The van der Waals surface area contributed by atoms with Gasteiger partial charge in [0.05, 0.1) is 38.6 Å². The summed E-state index contributed by atoms with van der Waals surface area (Å²) in [6.07, 6.45) is -0.0878. The Morgan fingerprint density at radius 2 is 1.88 bits per heavy atom. The van der Waals surface area contributed by atoms with Crippen molar-refractivity contribution in [1.82, 2.24) is 9.78 Å². The maximum atomic E-state index is 12.8. The van der Waals surface area contributed by atoms with Crippen LogP contribution in [-0.2, 0) is 20.9 Å². The quantitative estimate of drug-likeness (QED) is 0.544. The summed E-state index contributed by atoms with van der Waals surface area (Å²) in [5, 5.41) is 10.3. The van der Waals surface area contributed by atoms with E-state index in [1.54, 1.807) is 37.1 Å². The van der Waals surface area contributed by atoms with E-state index in [0.717, 1.165) is 16.7 Å². The summed E-state index contributed by atoms with van der Waals surface area (Å²) in [7, 11) is 4.65. The van der Waals surface area contributed by atoms with Gasteiger partial charge in [-0.05, 0) is 24.6 Å². The lowest BCUT2D eigenvalue weighted by molar-refractivity contribution is -0.123. The van der Waals surface area contributed by atoms with Crippen LogP contribution >= 0.6 is 0 Å². The Balaban J connectivity index is 1.60. The van der Waals surface area contributed by atoms with Crippen LogP contribution in [0.25, 0.3) is 11.1 Å². The van der Waals surface area contributed by atoms with Gasteiger partial charge in [0.2, 0.25) is 5.91 Å². The van der Waals surface area contributed by atoms with Gasteiger partial charge < -0.3 is 24.8 Å². The summed E-state index contributed by atoms with van der Waals surface area (Å²) in [5.74, 6) is 1.01. The third-order valence-corrected chi connectivity index (χ3v) is 5.51. The van der Waals surface area contributed by atoms with Gasteiger partial charge in [-0.15, -0.1) is 0 Å². The summed E-state index contributed by atoms with van der Waals surface area (Å²) in [5.41, 5.74) is 4.02. The van der Waals surface area contributed by atoms with Gasteiger partial charge in [0.25, 0.3) is 5.91 Å². The first kappa shape index (κ1) is 22.3. The molecule has 172 valence electrons. The lowest BCUT2D eigenvalue weighted by atomic mass is 10.0. The third kappa shape index (κ3) is 4.40. The van der Waals surface area contributed by atoms with E-state index in [4.69, 9.17) is 14.2 Å². The first-order valence-electron chi connectivity index (χ1n) is 10.4. The third-order valence-electron chi connectivity index (χ3n) is 5.51. The summed E-state index contributed by atoms with van der Waals surface area (Å²) in [6, 6.07) is 12.3. The second-order valence-corrected chi connectivity index (χ2v) is 7.74. The molecular formula is C24H26N4O5. The van der Waals surface area contributed by atoms with Crippen LogP contribution in [0.15, 0.2) is 42.5 Å². The highest BCUT2D eigenvalue weighted by molar-refractivity contribution is 6.04. The number of amides is 2. The molecule has 33 heavy (non-hydrogen) atoms. The summed E-state index contributed by atoms with van der Waals surface area (Å²) in [6.45, 7) is 2.29. The number of carbonyl (C=O) groups is 2. The molecule has 0 bridgehead atoms. The molecule has 1 aliphatic rings. The molecule has 0 aliphatic carbocycles. The zero-order chi connectivity index (χ0) is 23.5. The van der Waals surface area contributed by atoms with E-state index in [-0.39, 0.29) is 24.8 Å². The maximum absolute atomic E-state index is 12.8. The van der Waals surface area contributed by atoms with Crippen molar-refractivity contribution in [2.24, 2.45) is 0 Å². The first-order valence-corrected chi connectivity index (χ1v) is 10.4. The van der Waals surface area contributed by atoms with Crippen LogP contribution in [0.1, 0.15) is 23.7 Å². The number of benzene rings is 2. The van der Waals surface area contributed by atoms with Crippen molar-refractivity contribution in [2.75, 3.05) is 32.0 Å². The number of methoxy groups -OCH3 is 3. The highest BCUT2D eigenvalue weighted by atomic mass is 16.5. The zero-order valence-electron chi connectivity index (χ0n) is 19.0. The van der Waals surface area contributed by atoms with E-state index in [2.05, 4.69) is 15.7 Å². The number of fused-ring (bicyclic) bond motifs is 1. The molecule has 1 unspecified atom stereocenters. The lowest BCUT2D eigenvalue weighted by Crippen LogP contribution is -2.24. The summed E-state index contributed by atoms with van der Waals surface area (Å²) in [4.78, 5) is 25.6. The zero-order valence-corrected chi connectivity index (χ0v) is 19.0. The molecule has 2 aromatic carbocycles. The van der Waals surface area contributed by atoms with Gasteiger partial charge in [0.15, 0.2) is 0 Å². The minimum absolute atomic E-state index is 0.0878. The molecule has 4 rings (SSSR count). The van der Waals surface area contributed by atoms with Crippen LogP contribution in [-0.4, -0.2) is 42.9 Å². The molecule has 1 aliphatic heterocycles. The number of aryl methyl sites for hydroxylation is 1. The number of nitrogens with one attached hydrogen (secondary N) is 2. The van der Waals surface area contributed by atoms with Crippen molar-refractivity contribution in [3.63, 3.8) is 0 Å². The molecule has 2 N–H and O–H groups in total. The highest BCUT2D eigenvalue weighted by Gasteiger charge is 2.37. The van der Waals surface area contributed by atoms with Gasteiger partial charge in [0.1, 0.15) is 23.4 Å². The van der Waals surface area contributed by atoms with Crippen molar-refractivity contribution in [3.05, 3.63) is 53.7 Å². The lowest BCUT2D eigenvalue weighted by Gasteiger charge is -2.13. The predicted molar refractivity (Wildman–Crippen MR) is 124 cm³/mol. The van der Waals surface area contributed by atoms with Gasteiger partial charge in [0, 0.05) is 18.7 Å². The highest BCUT2D eigenvalue weighted by Crippen LogP contribution is 2.39. The number of rotatable bonds is 8. The fourth-order valence-corrected chi connectivity index (χ4v) is 3.86. The largest absolute Gasteiger partial charge is 0.497 e. The average Bonchev–Trinajstić information content (AvgIpc) is 3.29. The molecule has 9 heteroatoms. The van der Waals surface area contributed by atoms with Crippen LogP contribution in [0.2, 0.25) is 0 Å². The van der Waals surface area contributed by atoms with Crippen LogP contribution in [0.5, 0.6) is 11.5 Å². The molecule has 0 saturated heterocycles. The number of ether oxygens (including phenoxy) is 3. The van der Waals surface area contributed by atoms with Crippen molar-refractivity contribution in [3.8, 4) is 22.6 Å². The molecule has 2 heterocycles. The Kier molecular flexibility index (Phi) is 6.32. The topological polar surface area (TPSA) is 104 Å². The Labute approximate surface area is 191 Å². The molecule has 0 saturated carbocycles. The molecule has 9 nitrogen and oxygen atoms in total. The molecule has 0 radical (unpaired) electrons. The Morgan fingerprint density at radius 3 is 2.55 bits per heavy atom. The number of hydrogen-bond donors (Lipinski definition) is 2. The second kappa shape index (κ2) is 9.33. The number of anilines is 2. The number of carbonyl (C=O) groups excluding carboxylic acids is 2. The van der Waals surface area contributed by atoms with Gasteiger partial charge >= 0.3 is 0 Å². The van der Waals surface area contributed by atoms with Crippen LogP contribution in [0.4, 0.5) is 11.5 Å². The normalized spacial score (nSPS) is 14.5. The summed E-state index contributed by atoms with van der Waals surface area (Å²) < 4.78 is 17.4. The molecule has 1 aromatic heterocycles. The molecule has 0 fully saturated rings. The van der Waals surface area contributed by atoms with Crippen LogP contribution < -0.4 is 20.1 Å². The molecule has 0 spiro atoms. The van der Waals surface area contributed by atoms with Crippen molar-refractivity contribution < 1.29 is 23.8 Å². The van der Waals surface area contributed by atoms with E-state index < -0.39 is 6.04 Å². The van der Waals surface area contributed by atoms with Gasteiger partial charge in [-0.1, -0.05) is 29.8 Å². The standard InChI is InChI=1S/C24H26N4O5/c1-14-5-7-15(8-6-14)22-18(13-31-2)27-28-19(24(30)26-23(22)28)12-21(29)25-17-10-9-16(32-3)11-20(17)33-4/h5-11,19H,12-13H2,1-4H3,(H,25,29)(H,26,30). The van der Waals surface area contributed by atoms with Crippen molar-refractivity contribution in [2.45, 2.75) is 26.0 Å². The van der Waals surface area contributed by atoms with Gasteiger partial charge in [-0.2, -0.15) is 5.10 Å². The Hall–Kier alpha value is -3.85. The van der Waals surface area contributed by atoms with E-state index in [0.29, 0.717) is 28.7 Å². The molecular weight excluding hydrogens is 424 g/mol. The first-order chi connectivity index (χ1) is 15.9.